The molecule has 0 aliphatic rings. The number of nitrogens with one attached hydrogen (secondary N) is 1. The third-order valence-corrected chi connectivity index (χ3v) is 2.96. The van der Waals surface area contributed by atoms with E-state index in [0.717, 1.165) is 37.4 Å². The molecule has 7 heteroatoms. The lowest BCUT2D eigenvalue weighted by atomic mass is 10.2. The van der Waals surface area contributed by atoms with Crippen molar-refractivity contribution in [3.63, 3.8) is 0 Å². The van der Waals surface area contributed by atoms with Crippen molar-refractivity contribution in [2.75, 3.05) is 19.8 Å². The quantitative estimate of drug-likeness (QED) is 0.291. The monoisotopic (exact) mass is 430 g/mol. The zero-order chi connectivity index (χ0) is 15.6. The summed E-state index contributed by atoms with van der Waals surface area (Å²) in [4.78, 5) is 8.64. The van der Waals surface area contributed by atoms with Crippen molar-refractivity contribution >= 4 is 29.9 Å². The molecule has 0 fully saturated rings. The molecule has 0 unspecified atom stereocenters. The first kappa shape index (κ1) is 19.4. The van der Waals surface area contributed by atoms with Gasteiger partial charge in [-0.25, -0.2) is 9.98 Å². The fraction of sp³-hybridized carbons (Fsp3) is 0.375. The van der Waals surface area contributed by atoms with Crippen LogP contribution in [0.25, 0.3) is 11.5 Å². The Balaban J connectivity index is 0.00000264. The number of ether oxygens (including phenoxy) is 1. The Morgan fingerprint density at radius 1 is 1.35 bits per heavy atom. The van der Waals surface area contributed by atoms with Crippen LogP contribution in [0.2, 0.25) is 0 Å². The van der Waals surface area contributed by atoms with Crippen molar-refractivity contribution in [2.24, 2.45) is 10.7 Å². The Labute approximate surface area is 153 Å². The van der Waals surface area contributed by atoms with Crippen molar-refractivity contribution < 1.29 is 9.15 Å². The molecule has 0 saturated carbocycles. The van der Waals surface area contributed by atoms with Crippen LogP contribution in [-0.2, 0) is 11.3 Å². The van der Waals surface area contributed by atoms with Gasteiger partial charge in [0.1, 0.15) is 12.0 Å². The summed E-state index contributed by atoms with van der Waals surface area (Å²) in [6.45, 7) is 4.56. The first-order valence-electron chi connectivity index (χ1n) is 7.41. The summed E-state index contributed by atoms with van der Waals surface area (Å²) < 4.78 is 10.7. The van der Waals surface area contributed by atoms with Gasteiger partial charge in [0.15, 0.2) is 5.96 Å². The Morgan fingerprint density at radius 2 is 2.13 bits per heavy atom. The molecule has 0 aliphatic carbocycles. The Morgan fingerprint density at radius 3 is 2.87 bits per heavy atom. The van der Waals surface area contributed by atoms with Gasteiger partial charge < -0.3 is 20.2 Å². The lowest BCUT2D eigenvalue weighted by molar-refractivity contribution is 0.145. The number of aromatic nitrogens is 1. The summed E-state index contributed by atoms with van der Waals surface area (Å²) in [6, 6.07) is 9.75. The molecule has 0 atom stereocenters. The highest BCUT2D eigenvalue weighted by Crippen LogP contribution is 2.18. The predicted octanol–water partition coefficient (Wildman–Crippen LogP) is 2.79. The molecular weight excluding hydrogens is 407 g/mol. The van der Waals surface area contributed by atoms with Crippen LogP contribution in [0.3, 0.4) is 0 Å². The van der Waals surface area contributed by atoms with Crippen LogP contribution >= 0.6 is 24.0 Å². The van der Waals surface area contributed by atoms with E-state index in [-0.39, 0.29) is 24.0 Å². The molecule has 0 radical (unpaired) electrons. The van der Waals surface area contributed by atoms with Crippen LogP contribution in [0.15, 0.2) is 46.0 Å². The minimum absolute atomic E-state index is 0. The van der Waals surface area contributed by atoms with Crippen LogP contribution in [0.4, 0.5) is 0 Å². The van der Waals surface area contributed by atoms with E-state index in [9.17, 15) is 0 Å². The third-order valence-electron chi connectivity index (χ3n) is 2.96. The predicted molar refractivity (Wildman–Crippen MR) is 102 cm³/mol. The summed E-state index contributed by atoms with van der Waals surface area (Å²) in [6.07, 6.45) is 2.50. The van der Waals surface area contributed by atoms with Crippen molar-refractivity contribution in [1.29, 1.82) is 0 Å². The number of aliphatic imine (C=N–C) groups is 1. The second-order valence-corrected chi connectivity index (χ2v) is 4.69. The highest BCUT2D eigenvalue weighted by Gasteiger charge is 2.05. The van der Waals surface area contributed by atoms with Crippen LogP contribution in [-0.4, -0.2) is 30.7 Å². The van der Waals surface area contributed by atoms with E-state index in [1.165, 1.54) is 0 Å². The zero-order valence-corrected chi connectivity index (χ0v) is 15.5. The van der Waals surface area contributed by atoms with E-state index < -0.39 is 0 Å². The van der Waals surface area contributed by atoms with E-state index in [1.807, 2.05) is 37.3 Å². The minimum atomic E-state index is 0. The van der Waals surface area contributed by atoms with E-state index in [4.69, 9.17) is 14.9 Å². The second kappa shape index (κ2) is 11.0. The van der Waals surface area contributed by atoms with Crippen molar-refractivity contribution in [1.82, 2.24) is 10.3 Å². The number of halogens is 1. The molecule has 1 aromatic carbocycles. The SMILES string of the molecule is CCOCCCNC(N)=NCc1coc(-c2ccccc2)n1.I. The van der Waals surface area contributed by atoms with E-state index in [2.05, 4.69) is 15.3 Å². The number of benzene rings is 1. The van der Waals surface area contributed by atoms with Gasteiger partial charge >= 0.3 is 0 Å². The summed E-state index contributed by atoms with van der Waals surface area (Å²) in [5.41, 5.74) is 7.49. The Hall–Kier alpha value is -1.61. The molecule has 1 heterocycles. The first-order chi connectivity index (χ1) is 10.8. The molecular formula is C16H23IN4O2. The maximum absolute atomic E-state index is 5.79. The second-order valence-electron chi connectivity index (χ2n) is 4.69. The van der Waals surface area contributed by atoms with Crippen LogP contribution in [0, 0.1) is 0 Å². The Bertz CT molecular complexity index is 587. The maximum atomic E-state index is 5.79. The number of nitrogens with two attached hydrogens (primary N) is 1. The average Bonchev–Trinajstić information content (AvgIpc) is 3.02. The maximum Gasteiger partial charge on any atom is 0.226 e. The number of hydrogen-bond acceptors (Lipinski definition) is 4. The van der Waals surface area contributed by atoms with Crippen molar-refractivity contribution in [2.45, 2.75) is 19.9 Å². The number of hydrogen-bond donors (Lipinski definition) is 2. The first-order valence-corrected chi connectivity index (χ1v) is 7.41. The number of rotatable bonds is 8. The molecule has 23 heavy (non-hydrogen) atoms. The van der Waals surface area contributed by atoms with E-state index in [0.29, 0.717) is 18.4 Å². The largest absolute Gasteiger partial charge is 0.444 e. The summed E-state index contributed by atoms with van der Waals surface area (Å²) in [7, 11) is 0. The van der Waals surface area contributed by atoms with Crippen molar-refractivity contribution in [3.8, 4) is 11.5 Å². The smallest absolute Gasteiger partial charge is 0.226 e. The molecule has 0 aliphatic heterocycles. The summed E-state index contributed by atoms with van der Waals surface area (Å²) in [5.74, 6) is 0.995. The van der Waals surface area contributed by atoms with Gasteiger partial charge in [0, 0.05) is 25.3 Å². The molecule has 126 valence electrons. The topological polar surface area (TPSA) is 85.7 Å². The number of oxazole rings is 1. The van der Waals surface area contributed by atoms with Gasteiger partial charge in [-0.2, -0.15) is 0 Å². The molecule has 3 N–H and O–H groups in total. The summed E-state index contributed by atoms with van der Waals surface area (Å²) in [5, 5.41) is 3.04. The highest BCUT2D eigenvalue weighted by molar-refractivity contribution is 14.0. The van der Waals surface area contributed by atoms with Crippen LogP contribution in [0.1, 0.15) is 19.0 Å². The van der Waals surface area contributed by atoms with Gasteiger partial charge in [0.2, 0.25) is 5.89 Å². The molecule has 2 rings (SSSR count). The van der Waals surface area contributed by atoms with Gasteiger partial charge in [-0.1, -0.05) is 18.2 Å². The molecule has 2 aromatic rings. The average molecular weight is 430 g/mol. The molecule has 0 bridgehead atoms. The zero-order valence-electron chi connectivity index (χ0n) is 13.2. The number of nitrogens with zero attached hydrogens (tertiary/aromatic N) is 2. The Kier molecular flexibility index (Phi) is 9.30. The molecule has 1 aromatic heterocycles. The van der Waals surface area contributed by atoms with E-state index >= 15 is 0 Å². The standard InChI is InChI=1S/C16H22N4O2.HI/c1-2-21-10-6-9-18-16(17)19-11-14-12-22-15(20-14)13-7-4-3-5-8-13;/h3-5,7-8,12H,2,6,9-11H2,1H3,(H3,17,18,19);1H. The van der Waals surface area contributed by atoms with Gasteiger partial charge in [0.25, 0.3) is 0 Å². The van der Waals surface area contributed by atoms with Gasteiger partial charge in [0.05, 0.1) is 6.54 Å². The molecule has 0 saturated heterocycles. The van der Waals surface area contributed by atoms with Crippen LogP contribution < -0.4 is 11.1 Å². The number of guanidine groups is 1. The van der Waals surface area contributed by atoms with Gasteiger partial charge in [-0.15, -0.1) is 24.0 Å². The summed E-state index contributed by atoms with van der Waals surface area (Å²) >= 11 is 0. The highest BCUT2D eigenvalue weighted by atomic mass is 127. The fourth-order valence-corrected chi connectivity index (χ4v) is 1.85. The fourth-order valence-electron chi connectivity index (χ4n) is 1.85. The van der Waals surface area contributed by atoms with Gasteiger partial charge in [-0.3, -0.25) is 0 Å². The van der Waals surface area contributed by atoms with Crippen LogP contribution in [0.5, 0.6) is 0 Å². The lowest BCUT2D eigenvalue weighted by Gasteiger charge is -2.04. The van der Waals surface area contributed by atoms with Crippen molar-refractivity contribution in [3.05, 3.63) is 42.3 Å². The van der Waals surface area contributed by atoms with Gasteiger partial charge in [-0.05, 0) is 25.5 Å². The third kappa shape index (κ3) is 7.00. The minimum Gasteiger partial charge on any atom is -0.444 e. The lowest BCUT2D eigenvalue weighted by Crippen LogP contribution is -2.32. The van der Waals surface area contributed by atoms with E-state index in [1.54, 1.807) is 6.26 Å². The normalized spacial score (nSPS) is 11.1. The molecule has 0 amide bonds. The molecule has 0 spiro atoms. The molecule has 6 nitrogen and oxygen atoms in total.